The Labute approximate surface area is 162 Å². The van der Waals surface area contributed by atoms with Crippen LogP contribution in [0.2, 0.25) is 0 Å². The Hall–Kier alpha value is -2.45. The molecule has 4 N–H and O–H groups in total. The first-order valence-electron chi connectivity index (χ1n) is 9.22. The number of pyridine rings is 1. The van der Waals surface area contributed by atoms with Gasteiger partial charge < -0.3 is 16.0 Å². The highest BCUT2D eigenvalue weighted by atomic mass is 32.1. The molecular formula is C19H24N6OS. The molecule has 3 aromatic rings. The molecule has 0 spiro atoms. The summed E-state index contributed by atoms with van der Waals surface area (Å²) in [6.07, 6.45) is 4.57. The third-order valence-corrected chi connectivity index (χ3v) is 5.95. The number of amides is 1. The maximum atomic E-state index is 13.1. The standard InChI is InChI=1S/C19H24N6OS/c1-11(2)7-13-3-4-14-16(20)17(27-18(14)24-13)19(26)25-6-5-21-15(10-25)12-8-22-23-9-12/h3-4,8-9,11,15,21H,5-7,10,20H2,1-2H3,(H,22,23). The molecule has 0 bridgehead atoms. The zero-order valence-electron chi connectivity index (χ0n) is 15.5. The van der Waals surface area contributed by atoms with E-state index in [-0.39, 0.29) is 11.9 Å². The van der Waals surface area contributed by atoms with Gasteiger partial charge in [0.2, 0.25) is 0 Å². The minimum absolute atomic E-state index is 0.0177. The van der Waals surface area contributed by atoms with Gasteiger partial charge in [-0.1, -0.05) is 13.8 Å². The molecule has 1 amide bonds. The van der Waals surface area contributed by atoms with Gasteiger partial charge in [-0.2, -0.15) is 5.10 Å². The van der Waals surface area contributed by atoms with E-state index < -0.39 is 0 Å². The zero-order chi connectivity index (χ0) is 19.0. The van der Waals surface area contributed by atoms with Crippen LogP contribution in [0.5, 0.6) is 0 Å². The third-order valence-electron chi connectivity index (χ3n) is 4.85. The molecule has 3 aromatic heterocycles. The molecule has 1 aliphatic heterocycles. The number of aromatic amines is 1. The van der Waals surface area contributed by atoms with Crippen molar-refractivity contribution >= 4 is 33.1 Å². The number of aromatic nitrogens is 3. The molecule has 4 rings (SSSR count). The lowest BCUT2D eigenvalue weighted by Crippen LogP contribution is -2.48. The predicted octanol–water partition coefficient (Wildman–Crippen LogP) is 2.59. The van der Waals surface area contributed by atoms with E-state index in [0.29, 0.717) is 29.6 Å². The molecule has 0 saturated carbocycles. The summed E-state index contributed by atoms with van der Waals surface area (Å²) in [5, 5.41) is 11.1. The quantitative estimate of drug-likeness (QED) is 0.642. The van der Waals surface area contributed by atoms with Gasteiger partial charge in [-0.05, 0) is 24.5 Å². The molecule has 1 fully saturated rings. The third kappa shape index (κ3) is 3.54. The smallest absolute Gasteiger partial charge is 0.266 e. The van der Waals surface area contributed by atoms with Crippen LogP contribution in [-0.4, -0.2) is 45.6 Å². The van der Waals surface area contributed by atoms with Crippen molar-refractivity contribution in [2.45, 2.75) is 26.3 Å². The van der Waals surface area contributed by atoms with Gasteiger partial charge in [-0.25, -0.2) is 4.98 Å². The van der Waals surface area contributed by atoms with Crippen molar-refractivity contribution in [1.29, 1.82) is 0 Å². The van der Waals surface area contributed by atoms with Crippen LogP contribution in [0.4, 0.5) is 5.69 Å². The summed E-state index contributed by atoms with van der Waals surface area (Å²) < 4.78 is 0. The number of nitrogens with one attached hydrogen (secondary N) is 2. The maximum absolute atomic E-state index is 13.1. The fourth-order valence-electron chi connectivity index (χ4n) is 3.48. The molecule has 0 aromatic carbocycles. The molecular weight excluding hydrogens is 360 g/mol. The van der Waals surface area contributed by atoms with Crippen LogP contribution in [-0.2, 0) is 6.42 Å². The van der Waals surface area contributed by atoms with Gasteiger partial charge in [-0.3, -0.25) is 9.89 Å². The average Bonchev–Trinajstić information content (AvgIpc) is 3.29. The Bertz CT molecular complexity index is 949. The molecule has 1 saturated heterocycles. The number of H-pyrrole nitrogens is 1. The first-order valence-corrected chi connectivity index (χ1v) is 10.0. The Balaban J connectivity index is 1.59. The minimum Gasteiger partial charge on any atom is -0.397 e. The van der Waals surface area contributed by atoms with Crippen molar-refractivity contribution in [1.82, 2.24) is 25.4 Å². The average molecular weight is 385 g/mol. The first-order chi connectivity index (χ1) is 13.0. The van der Waals surface area contributed by atoms with Crippen LogP contribution >= 0.6 is 11.3 Å². The Morgan fingerprint density at radius 3 is 3.04 bits per heavy atom. The number of nitrogens with two attached hydrogens (primary N) is 1. The van der Waals surface area contributed by atoms with Crippen LogP contribution in [0.3, 0.4) is 0 Å². The lowest BCUT2D eigenvalue weighted by Gasteiger charge is -2.33. The number of fused-ring (bicyclic) bond motifs is 1. The highest BCUT2D eigenvalue weighted by molar-refractivity contribution is 7.21. The van der Waals surface area contributed by atoms with Crippen molar-refractivity contribution < 1.29 is 4.79 Å². The van der Waals surface area contributed by atoms with Crippen LogP contribution in [0.25, 0.3) is 10.2 Å². The number of nitrogens with zero attached hydrogens (tertiary/aromatic N) is 3. The summed E-state index contributed by atoms with van der Waals surface area (Å²) in [5.74, 6) is 0.518. The van der Waals surface area contributed by atoms with Crippen LogP contribution in [0, 0.1) is 5.92 Å². The van der Waals surface area contributed by atoms with E-state index in [2.05, 4.69) is 29.4 Å². The monoisotopic (exact) mass is 384 g/mol. The fourth-order valence-corrected chi connectivity index (χ4v) is 4.56. The molecule has 8 heteroatoms. The van der Waals surface area contributed by atoms with E-state index in [9.17, 15) is 4.79 Å². The number of anilines is 1. The number of carbonyl (C=O) groups excluding carboxylic acids is 1. The molecule has 7 nitrogen and oxygen atoms in total. The molecule has 1 unspecified atom stereocenters. The highest BCUT2D eigenvalue weighted by Crippen LogP contribution is 2.34. The largest absolute Gasteiger partial charge is 0.397 e. The number of nitrogen functional groups attached to an aromatic ring is 1. The zero-order valence-corrected chi connectivity index (χ0v) is 16.3. The summed E-state index contributed by atoms with van der Waals surface area (Å²) in [5.41, 5.74) is 8.96. The molecule has 142 valence electrons. The van der Waals surface area contributed by atoms with Crippen molar-refractivity contribution in [2.24, 2.45) is 5.92 Å². The summed E-state index contributed by atoms with van der Waals surface area (Å²) in [6, 6.07) is 4.08. The summed E-state index contributed by atoms with van der Waals surface area (Å²) >= 11 is 1.40. The Kier molecular flexibility index (Phi) is 4.84. The van der Waals surface area contributed by atoms with Crippen molar-refractivity contribution in [3.05, 3.63) is 40.7 Å². The lowest BCUT2D eigenvalue weighted by molar-refractivity contribution is 0.0709. The van der Waals surface area contributed by atoms with Crippen LogP contribution in [0.1, 0.15) is 40.8 Å². The van der Waals surface area contributed by atoms with Gasteiger partial charge in [0, 0.05) is 42.5 Å². The normalized spacial score (nSPS) is 17.7. The Morgan fingerprint density at radius 1 is 1.44 bits per heavy atom. The first kappa shape index (κ1) is 17.9. The Morgan fingerprint density at radius 2 is 2.30 bits per heavy atom. The molecule has 0 radical (unpaired) electrons. The van der Waals surface area contributed by atoms with Crippen LogP contribution < -0.4 is 11.1 Å². The number of thiophene rings is 1. The number of rotatable bonds is 4. The number of piperazine rings is 1. The van der Waals surface area contributed by atoms with E-state index in [4.69, 9.17) is 10.7 Å². The second kappa shape index (κ2) is 7.28. The summed E-state index contributed by atoms with van der Waals surface area (Å²) in [6.45, 7) is 6.34. The van der Waals surface area contributed by atoms with Gasteiger partial charge in [0.1, 0.15) is 9.71 Å². The SMILES string of the molecule is CC(C)Cc1ccc2c(N)c(C(=O)N3CCNC(c4cn[nH]c4)C3)sc2n1. The van der Waals surface area contributed by atoms with Crippen LogP contribution in [0.15, 0.2) is 24.5 Å². The number of hydrogen-bond acceptors (Lipinski definition) is 6. The van der Waals surface area contributed by atoms with Gasteiger partial charge in [0.05, 0.1) is 17.9 Å². The minimum atomic E-state index is -0.0177. The fraction of sp³-hybridized carbons (Fsp3) is 0.421. The van der Waals surface area contributed by atoms with Gasteiger partial charge >= 0.3 is 0 Å². The number of carbonyl (C=O) groups is 1. The van der Waals surface area contributed by atoms with Gasteiger partial charge in [0.15, 0.2) is 0 Å². The summed E-state index contributed by atoms with van der Waals surface area (Å²) in [4.78, 5) is 21.2. The molecule has 0 aliphatic carbocycles. The number of hydrogen-bond donors (Lipinski definition) is 3. The summed E-state index contributed by atoms with van der Waals surface area (Å²) in [7, 11) is 0. The second-order valence-electron chi connectivity index (χ2n) is 7.39. The van der Waals surface area contributed by atoms with Gasteiger partial charge in [-0.15, -0.1) is 11.3 Å². The van der Waals surface area contributed by atoms with E-state index in [1.807, 2.05) is 23.2 Å². The van der Waals surface area contributed by atoms with Crippen molar-refractivity contribution in [3.63, 3.8) is 0 Å². The molecule has 4 heterocycles. The molecule has 1 atom stereocenters. The molecule has 1 aliphatic rings. The van der Waals surface area contributed by atoms with E-state index in [1.165, 1.54) is 11.3 Å². The highest BCUT2D eigenvalue weighted by Gasteiger charge is 2.28. The topological polar surface area (TPSA) is 99.9 Å². The predicted molar refractivity (Wildman–Crippen MR) is 108 cm³/mol. The second-order valence-corrected chi connectivity index (χ2v) is 8.39. The lowest BCUT2D eigenvalue weighted by atomic mass is 10.1. The van der Waals surface area contributed by atoms with E-state index >= 15 is 0 Å². The van der Waals surface area contributed by atoms with Gasteiger partial charge in [0.25, 0.3) is 5.91 Å². The molecule has 27 heavy (non-hydrogen) atoms. The van der Waals surface area contributed by atoms with Crippen molar-refractivity contribution in [2.75, 3.05) is 25.4 Å². The van der Waals surface area contributed by atoms with Crippen molar-refractivity contribution in [3.8, 4) is 0 Å². The maximum Gasteiger partial charge on any atom is 0.266 e. The van der Waals surface area contributed by atoms with E-state index in [0.717, 1.165) is 34.4 Å². The van der Waals surface area contributed by atoms with E-state index in [1.54, 1.807) is 6.20 Å².